The van der Waals surface area contributed by atoms with Gasteiger partial charge in [0.1, 0.15) is 5.82 Å². The van der Waals surface area contributed by atoms with Crippen LogP contribution in [0.15, 0.2) is 194 Å². The second-order valence-electron chi connectivity index (χ2n) is 14.8. The van der Waals surface area contributed by atoms with Crippen LogP contribution in [0, 0.1) is 0 Å². The van der Waals surface area contributed by atoms with Crippen LogP contribution >= 0.6 is 0 Å². The van der Waals surface area contributed by atoms with Crippen LogP contribution in [-0.4, -0.2) is 28.7 Å². The highest BCUT2D eigenvalue weighted by Crippen LogP contribution is 2.37. The first-order valence-corrected chi connectivity index (χ1v) is 19.7. The van der Waals surface area contributed by atoms with Gasteiger partial charge in [0.15, 0.2) is 0 Å². The Morgan fingerprint density at radius 1 is 0.310 bits per heavy atom. The summed E-state index contributed by atoms with van der Waals surface area (Å²) in [5.74, 6) is 1.84. The molecule has 0 unspecified atom stereocenters. The van der Waals surface area contributed by atoms with E-state index in [0.29, 0.717) is 24.1 Å². The van der Waals surface area contributed by atoms with E-state index in [1.165, 1.54) is 32.9 Å². The number of nitrogens with zero attached hydrogens (tertiary/aromatic N) is 6. The van der Waals surface area contributed by atoms with Crippen LogP contribution in [0.1, 0.15) is 11.4 Å². The first-order valence-electron chi connectivity index (χ1n) is 19.7. The molecule has 0 aliphatic carbocycles. The van der Waals surface area contributed by atoms with Gasteiger partial charge in [0, 0.05) is 44.4 Å². The molecule has 4 heterocycles. The Bertz CT molecular complexity index is 3450. The molecule has 58 heavy (non-hydrogen) atoms. The summed E-state index contributed by atoms with van der Waals surface area (Å²) >= 11 is 0. The van der Waals surface area contributed by atoms with E-state index in [1.54, 1.807) is 0 Å². The van der Waals surface area contributed by atoms with Crippen LogP contribution in [-0.2, 0) is 6.42 Å². The Morgan fingerprint density at radius 2 is 0.724 bits per heavy atom. The molecule has 0 atom stereocenters. The minimum absolute atomic E-state index is 0.492. The third-order valence-corrected chi connectivity index (χ3v) is 11.6. The van der Waals surface area contributed by atoms with E-state index in [4.69, 9.17) is 15.0 Å². The summed E-state index contributed by atoms with van der Waals surface area (Å²) in [6.45, 7) is 0. The van der Waals surface area contributed by atoms with Crippen molar-refractivity contribution in [2.24, 2.45) is 0 Å². The molecule has 12 rings (SSSR count). The molecular formula is C52H34N6. The third kappa shape index (κ3) is 4.95. The molecule has 0 amide bonds. The van der Waals surface area contributed by atoms with Crippen molar-refractivity contribution in [3.63, 3.8) is 0 Å². The molecular weight excluding hydrogens is 709 g/mol. The molecule has 6 nitrogen and oxygen atoms in total. The largest absolute Gasteiger partial charge is 0.309 e. The summed E-state index contributed by atoms with van der Waals surface area (Å²) in [5.41, 5.74) is 11.1. The summed E-state index contributed by atoms with van der Waals surface area (Å²) in [6.07, 6.45) is 0.492. The number of hydrogen-bond donors (Lipinski definition) is 0. The molecule has 8 aromatic carbocycles. The van der Waals surface area contributed by atoms with Gasteiger partial charge in [-0.25, -0.2) is 0 Å². The molecule has 0 radical (unpaired) electrons. The second-order valence-corrected chi connectivity index (χ2v) is 14.8. The molecule has 0 saturated heterocycles. The first-order chi connectivity index (χ1) is 28.8. The molecule has 0 fully saturated rings. The normalized spacial score (nSPS) is 11.9. The van der Waals surface area contributed by atoms with Crippen LogP contribution in [0.2, 0.25) is 0 Å². The van der Waals surface area contributed by atoms with E-state index in [0.717, 1.165) is 54.9 Å². The topological polar surface area (TPSA) is 53.5 Å². The molecule has 0 spiro atoms. The minimum Gasteiger partial charge on any atom is -0.309 e. The molecule has 6 heteroatoms. The lowest BCUT2D eigenvalue weighted by Crippen LogP contribution is -2.13. The Kier molecular flexibility index (Phi) is 7.19. The molecule has 0 aliphatic heterocycles. The van der Waals surface area contributed by atoms with Crippen molar-refractivity contribution in [1.29, 1.82) is 0 Å². The van der Waals surface area contributed by atoms with Gasteiger partial charge in [0.25, 0.3) is 0 Å². The Labute approximate surface area is 333 Å². The van der Waals surface area contributed by atoms with Crippen LogP contribution in [0.4, 0.5) is 0 Å². The fourth-order valence-corrected chi connectivity index (χ4v) is 9.04. The maximum Gasteiger partial charge on any atom is 0.239 e. The van der Waals surface area contributed by atoms with E-state index in [-0.39, 0.29) is 0 Å². The zero-order valence-corrected chi connectivity index (χ0v) is 31.4. The first kappa shape index (κ1) is 32.4. The molecule has 0 bridgehead atoms. The Balaban J connectivity index is 1.11. The zero-order chi connectivity index (χ0) is 38.2. The van der Waals surface area contributed by atoms with E-state index < -0.39 is 0 Å². The van der Waals surface area contributed by atoms with Crippen molar-refractivity contribution >= 4 is 65.4 Å². The van der Waals surface area contributed by atoms with Crippen LogP contribution in [0.5, 0.6) is 0 Å². The van der Waals surface area contributed by atoms with Crippen LogP contribution in [0.25, 0.3) is 94.1 Å². The van der Waals surface area contributed by atoms with E-state index >= 15 is 0 Å². The number of aromatic nitrogens is 6. The van der Waals surface area contributed by atoms with Crippen LogP contribution in [0.3, 0.4) is 0 Å². The lowest BCUT2D eigenvalue weighted by atomic mass is 10.0. The van der Waals surface area contributed by atoms with Crippen molar-refractivity contribution < 1.29 is 0 Å². The average molecular weight is 743 g/mol. The van der Waals surface area contributed by atoms with Crippen molar-refractivity contribution in [2.45, 2.75) is 6.42 Å². The van der Waals surface area contributed by atoms with Gasteiger partial charge in [-0.2, -0.15) is 15.0 Å². The number of benzene rings is 8. The summed E-state index contributed by atoms with van der Waals surface area (Å²) in [5, 5.41) is 7.06. The Hall–Kier alpha value is -7.83. The van der Waals surface area contributed by atoms with E-state index in [2.05, 4.69) is 208 Å². The predicted molar refractivity (Wildman–Crippen MR) is 238 cm³/mol. The molecule has 4 aromatic heterocycles. The summed E-state index contributed by atoms with van der Waals surface area (Å²) in [7, 11) is 0. The highest BCUT2D eigenvalue weighted by Gasteiger charge is 2.22. The quantitative estimate of drug-likeness (QED) is 0.170. The minimum atomic E-state index is 0.492. The lowest BCUT2D eigenvalue weighted by Gasteiger charge is -2.15. The highest BCUT2D eigenvalue weighted by molar-refractivity contribution is 6.11. The number of para-hydroxylation sites is 6. The van der Waals surface area contributed by atoms with Gasteiger partial charge in [0.2, 0.25) is 11.9 Å². The predicted octanol–water partition coefficient (Wildman–Crippen LogP) is 12.4. The average Bonchev–Trinajstić information content (AvgIpc) is 3.92. The molecule has 12 aromatic rings. The number of fused-ring (bicyclic) bond motifs is 9. The SMILES string of the molecule is c1ccc(-c2ccc3c(c2)c2ccccc2n3-c2nc(Cc3ccccc3-n3c4ccccc4c4ccccc43)nc(-n3c4ccccc4c4ccccc43)n2)cc1. The van der Waals surface area contributed by atoms with Gasteiger partial charge in [-0.1, -0.05) is 146 Å². The fourth-order valence-electron chi connectivity index (χ4n) is 9.04. The molecule has 0 saturated carbocycles. The third-order valence-electron chi connectivity index (χ3n) is 11.6. The van der Waals surface area contributed by atoms with Crippen molar-refractivity contribution in [2.75, 3.05) is 0 Å². The molecule has 272 valence electrons. The maximum absolute atomic E-state index is 5.39. The van der Waals surface area contributed by atoms with Crippen molar-refractivity contribution in [3.8, 4) is 28.7 Å². The highest BCUT2D eigenvalue weighted by atomic mass is 15.3. The van der Waals surface area contributed by atoms with E-state index in [1.807, 2.05) is 0 Å². The van der Waals surface area contributed by atoms with Crippen molar-refractivity contribution in [3.05, 3.63) is 206 Å². The van der Waals surface area contributed by atoms with Gasteiger partial charge in [-0.05, 0) is 65.2 Å². The van der Waals surface area contributed by atoms with E-state index in [9.17, 15) is 0 Å². The van der Waals surface area contributed by atoms with Crippen LogP contribution < -0.4 is 0 Å². The maximum atomic E-state index is 5.39. The molecule has 0 N–H and O–H groups in total. The lowest BCUT2D eigenvalue weighted by molar-refractivity contribution is 0.829. The van der Waals surface area contributed by atoms with Gasteiger partial charge < -0.3 is 4.57 Å². The molecule has 0 aliphatic rings. The van der Waals surface area contributed by atoms with Gasteiger partial charge in [0.05, 0.1) is 33.1 Å². The number of hydrogen-bond acceptors (Lipinski definition) is 3. The van der Waals surface area contributed by atoms with Crippen molar-refractivity contribution in [1.82, 2.24) is 28.7 Å². The summed E-state index contributed by atoms with van der Waals surface area (Å²) in [4.78, 5) is 16.1. The summed E-state index contributed by atoms with van der Waals surface area (Å²) in [6, 6.07) is 68.8. The van der Waals surface area contributed by atoms with Gasteiger partial charge >= 0.3 is 0 Å². The standard InChI is InChI=1S/C52H34N6/c1-2-16-34(17-3-1)35-30-31-49-42(32-35)41-23-9-15-29-48(41)58(49)52-54-50(53-51(55-52)57-46-27-13-7-21-39(46)40-22-8-14-28-47(40)57)33-36-18-4-10-24-43(36)56-44-25-11-5-19-37(44)38-20-6-12-26-45(38)56/h1-32H,33H2. The summed E-state index contributed by atoms with van der Waals surface area (Å²) < 4.78 is 6.79. The monoisotopic (exact) mass is 742 g/mol. The second kappa shape index (κ2) is 12.9. The Morgan fingerprint density at radius 3 is 1.26 bits per heavy atom. The smallest absolute Gasteiger partial charge is 0.239 e. The van der Waals surface area contributed by atoms with Gasteiger partial charge in [-0.3, -0.25) is 9.13 Å². The zero-order valence-electron chi connectivity index (χ0n) is 31.4. The fraction of sp³-hybridized carbons (Fsp3) is 0.0192. The van der Waals surface area contributed by atoms with Gasteiger partial charge in [-0.15, -0.1) is 0 Å². The number of rotatable bonds is 6.